The van der Waals surface area contributed by atoms with Crippen LogP contribution in [0.2, 0.25) is 0 Å². The van der Waals surface area contributed by atoms with Gasteiger partial charge in [0.05, 0.1) is 28.4 Å². The smallest absolute Gasteiger partial charge is 0.164 e. The van der Waals surface area contributed by atoms with Crippen LogP contribution in [0.3, 0.4) is 0 Å². The summed E-state index contributed by atoms with van der Waals surface area (Å²) in [5.41, 5.74) is 10.9. The molecule has 0 radical (unpaired) electrons. The maximum absolute atomic E-state index is 9.30. The molecule has 0 amide bonds. The van der Waals surface area contributed by atoms with E-state index < -0.39 is 0 Å². The molecule has 9 aromatic rings. The molecule has 0 saturated heterocycles. The lowest BCUT2D eigenvalue weighted by atomic mass is 10.00. The summed E-state index contributed by atoms with van der Waals surface area (Å²) in [4.78, 5) is 15.2. The molecule has 2 heterocycles. The molecule has 5 heteroatoms. The van der Waals surface area contributed by atoms with Gasteiger partial charge in [-0.05, 0) is 53.1 Å². The number of para-hydroxylation sites is 2. The molecule has 0 bridgehead atoms. The summed E-state index contributed by atoms with van der Waals surface area (Å²) in [5.74, 6) is 1.77. The van der Waals surface area contributed by atoms with Gasteiger partial charge in [0, 0.05) is 33.0 Å². The van der Waals surface area contributed by atoms with Gasteiger partial charge in [0.15, 0.2) is 17.5 Å². The standard InChI is InChI=1S/C46H29N5/c47-30-31-22-24-32(25-23-31)35-16-11-17-36(28-35)45-48-44(34-14-5-2-6-15-34)49-46(50-45)37-26-27-38(33-12-3-1-4-13-33)43(29-37)51-41-20-9-7-18-39(41)40-19-8-10-21-42(40)51/h1-29H. The largest absolute Gasteiger partial charge is 0.309 e. The van der Waals surface area contributed by atoms with Crippen LogP contribution in [-0.2, 0) is 0 Å². The Bertz CT molecular complexity index is 2690. The van der Waals surface area contributed by atoms with E-state index >= 15 is 0 Å². The maximum Gasteiger partial charge on any atom is 0.164 e. The Morgan fingerprint density at radius 1 is 0.392 bits per heavy atom. The van der Waals surface area contributed by atoms with Crippen LogP contribution in [0.25, 0.3) is 83.9 Å². The van der Waals surface area contributed by atoms with Crippen LogP contribution in [-0.4, -0.2) is 19.5 Å². The van der Waals surface area contributed by atoms with E-state index in [-0.39, 0.29) is 0 Å². The predicted octanol–water partition coefficient (Wildman–Crippen LogP) is 11.2. The van der Waals surface area contributed by atoms with Gasteiger partial charge in [0.25, 0.3) is 0 Å². The van der Waals surface area contributed by atoms with Crippen molar-refractivity contribution in [1.82, 2.24) is 19.5 Å². The van der Waals surface area contributed by atoms with Gasteiger partial charge < -0.3 is 4.57 Å². The predicted molar refractivity (Wildman–Crippen MR) is 206 cm³/mol. The first-order chi connectivity index (χ1) is 25.2. The van der Waals surface area contributed by atoms with Crippen molar-refractivity contribution >= 4 is 21.8 Å². The maximum atomic E-state index is 9.30. The molecule has 5 nitrogen and oxygen atoms in total. The van der Waals surface area contributed by atoms with Crippen LogP contribution in [0.1, 0.15) is 5.56 Å². The lowest BCUT2D eigenvalue weighted by Crippen LogP contribution is -2.02. The SMILES string of the molecule is N#Cc1ccc(-c2cccc(-c3nc(-c4ccccc4)nc(-c4ccc(-c5ccccc5)c(-n5c6ccccc6c6ccccc65)c4)n3)c2)cc1. The van der Waals surface area contributed by atoms with Crippen molar-refractivity contribution in [3.05, 3.63) is 181 Å². The fraction of sp³-hybridized carbons (Fsp3) is 0. The summed E-state index contributed by atoms with van der Waals surface area (Å²) >= 11 is 0. The number of fused-ring (bicyclic) bond motifs is 3. The van der Waals surface area contributed by atoms with Crippen LogP contribution >= 0.6 is 0 Å². The Balaban J connectivity index is 1.26. The van der Waals surface area contributed by atoms with Crippen LogP contribution in [0, 0.1) is 11.3 Å². The zero-order chi connectivity index (χ0) is 34.1. The molecule has 9 rings (SSSR count). The summed E-state index contributed by atoms with van der Waals surface area (Å²) in [6.07, 6.45) is 0. The van der Waals surface area contributed by atoms with Gasteiger partial charge in [-0.25, -0.2) is 15.0 Å². The molecule has 0 N–H and O–H groups in total. The van der Waals surface area contributed by atoms with Crippen molar-refractivity contribution in [2.24, 2.45) is 0 Å². The minimum atomic E-state index is 0.583. The first-order valence-corrected chi connectivity index (χ1v) is 16.8. The highest BCUT2D eigenvalue weighted by Gasteiger charge is 2.19. The quantitative estimate of drug-likeness (QED) is 0.179. The number of benzene rings is 7. The summed E-state index contributed by atoms with van der Waals surface area (Å²) in [6, 6.07) is 62.2. The van der Waals surface area contributed by atoms with Crippen LogP contribution < -0.4 is 0 Å². The lowest BCUT2D eigenvalue weighted by Gasteiger charge is -2.16. The second-order valence-corrected chi connectivity index (χ2v) is 12.4. The average molecular weight is 652 g/mol. The van der Waals surface area contributed by atoms with Crippen molar-refractivity contribution < 1.29 is 0 Å². The number of hydrogen-bond donors (Lipinski definition) is 0. The molecular formula is C46H29N5. The van der Waals surface area contributed by atoms with Gasteiger partial charge in [-0.1, -0.05) is 140 Å². The van der Waals surface area contributed by atoms with Crippen molar-refractivity contribution in [2.75, 3.05) is 0 Å². The molecule has 0 atom stereocenters. The minimum Gasteiger partial charge on any atom is -0.309 e. The zero-order valence-corrected chi connectivity index (χ0v) is 27.5. The zero-order valence-electron chi connectivity index (χ0n) is 27.5. The van der Waals surface area contributed by atoms with E-state index in [4.69, 9.17) is 15.0 Å². The second-order valence-electron chi connectivity index (χ2n) is 12.4. The molecule has 0 aliphatic carbocycles. The van der Waals surface area contributed by atoms with Crippen LogP contribution in [0.4, 0.5) is 0 Å². The van der Waals surface area contributed by atoms with E-state index in [1.54, 1.807) is 0 Å². The number of aromatic nitrogens is 4. The van der Waals surface area contributed by atoms with Gasteiger partial charge in [-0.2, -0.15) is 5.26 Å². The Hall–Kier alpha value is -7.16. The van der Waals surface area contributed by atoms with E-state index in [2.05, 4.69) is 114 Å². The summed E-state index contributed by atoms with van der Waals surface area (Å²) in [7, 11) is 0. The topological polar surface area (TPSA) is 67.4 Å². The molecule has 0 fully saturated rings. The third-order valence-corrected chi connectivity index (χ3v) is 9.30. The van der Waals surface area contributed by atoms with Gasteiger partial charge in [-0.3, -0.25) is 0 Å². The highest BCUT2D eigenvalue weighted by Crippen LogP contribution is 2.38. The Morgan fingerprint density at radius 3 is 1.51 bits per heavy atom. The van der Waals surface area contributed by atoms with E-state index in [0.29, 0.717) is 23.0 Å². The monoisotopic (exact) mass is 651 g/mol. The van der Waals surface area contributed by atoms with Crippen molar-refractivity contribution in [1.29, 1.82) is 5.26 Å². The third kappa shape index (κ3) is 5.51. The number of rotatable bonds is 6. The Labute approximate surface area is 295 Å². The summed E-state index contributed by atoms with van der Waals surface area (Å²) < 4.78 is 2.36. The normalized spacial score (nSPS) is 11.1. The molecule has 0 unspecified atom stereocenters. The summed E-state index contributed by atoms with van der Waals surface area (Å²) in [6.45, 7) is 0. The van der Waals surface area contributed by atoms with Crippen molar-refractivity contribution in [2.45, 2.75) is 0 Å². The fourth-order valence-corrected chi connectivity index (χ4v) is 6.83. The summed E-state index contributed by atoms with van der Waals surface area (Å²) in [5, 5.41) is 11.7. The second kappa shape index (κ2) is 12.7. The lowest BCUT2D eigenvalue weighted by molar-refractivity contribution is 1.07. The van der Waals surface area contributed by atoms with Crippen molar-refractivity contribution in [3.8, 4) is 68.2 Å². The molecule has 2 aromatic heterocycles. The van der Waals surface area contributed by atoms with Crippen molar-refractivity contribution in [3.63, 3.8) is 0 Å². The molecule has 0 saturated carbocycles. The van der Waals surface area contributed by atoms with E-state index in [1.165, 1.54) is 10.8 Å². The average Bonchev–Trinajstić information content (AvgIpc) is 3.55. The van der Waals surface area contributed by atoms with E-state index in [0.717, 1.165) is 55.7 Å². The van der Waals surface area contributed by atoms with E-state index in [9.17, 15) is 5.26 Å². The highest BCUT2D eigenvalue weighted by atomic mass is 15.0. The Morgan fingerprint density at radius 2 is 0.882 bits per heavy atom. The number of nitriles is 1. The minimum absolute atomic E-state index is 0.583. The highest BCUT2D eigenvalue weighted by molar-refractivity contribution is 6.09. The van der Waals surface area contributed by atoms with Gasteiger partial charge >= 0.3 is 0 Å². The van der Waals surface area contributed by atoms with Gasteiger partial charge in [-0.15, -0.1) is 0 Å². The first kappa shape index (κ1) is 29.9. The van der Waals surface area contributed by atoms with Crippen LogP contribution in [0.5, 0.6) is 0 Å². The van der Waals surface area contributed by atoms with Gasteiger partial charge in [0.2, 0.25) is 0 Å². The molecule has 238 valence electrons. The molecule has 0 aliphatic heterocycles. The van der Waals surface area contributed by atoms with E-state index in [1.807, 2.05) is 72.8 Å². The number of nitrogens with zero attached hydrogens (tertiary/aromatic N) is 5. The Kier molecular flexibility index (Phi) is 7.46. The third-order valence-electron chi connectivity index (χ3n) is 9.30. The molecule has 7 aromatic carbocycles. The molecule has 51 heavy (non-hydrogen) atoms. The fourth-order valence-electron chi connectivity index (χ4n) is 6.83. The number of hydrogen-bond acceptors (Lipinski definition) is 4. The molecule has 0 spiro atoms. The van der Waals surface area contributed by atoms with Gasteiger partial charge in [0.1, 0.15) is 0 Å². The molecular weight excluding hydrogens is 623 g/mol. The molecule has 0 aliphatic rings. The first-order valence-electron chi connectivity index (χ1n) is 16.8. The van der Waals surface area contributed by atoms with Crippen LogP contribution in [0.15, 0.2) is 176 Å².